The van der Waals surface area contributed by atoms with Crippen molar-refractivity contribution >= 4 is 23.1 Å². The number of aliphatic hydroxyl groups excluding tert-OH is 1. The van der Waals surface area contributed by atoms with E-state index in [-0.39, 0.29) is 18.1 Å². The van der Waals surface area contributed by atoms with Crippen LogP contribution in [-0.4, -0.2) is 22.2 Å². The first kappa shape index (κ1) is 13.3. The topological polar surface area (TPSA) is 69.6 Å². The van der Waals surface area contributed by atoms with Crippen LogP contribution in [0.25, 0.3) is 0 Å². The average molecular weight is 270 g/mol. The number of carbonyl (C=O) groups excluding carboxylic acids is 1. The molecule has 0 amide bonds. The molecule has 0 radical (unpaired) electrons. The quantitative estimate of drug-likeness (QED) is 0.784. The van der Waals surface area contributed by atoms with Crippen LogP contribution < -0.4 is 5.32 Å². The molecule has 18 heavy (non-hydrogen) atoms. The number of ketones is 1. The zero-order chi connectivity index (χ0) is 13.5. The first-order valence-electron chi connectivity index (χ1n) is 5.84. The summed E-state index contributed by atoms with van der Waals surface area (Å²) in [6.45, 7) is 3.53. The minimum absolute atomic E-state index is 0.0962. The maximum absolute atomic E-state index is 11.8. The number of benzene rings is 1. The van der Waals surface area contributed by atoms with Gasteiger partial charge < -0.3 is 15.5 Å². The van der Waals surface area contributed by atoms with Crippen LogP contribution in [0.5, 0.6) is 0 Å². The molecular formula is C13H16ClNO3. The molecule has 2 unspecified atom stereocenters. The summed E-state index contributed by atoms with van der Waals surface area (Å²) in [5.74, 6) is -0.279. The van der Waals surface area contributed by atoms with E-state index in [1.54, 1.807) is 32.0 Å². The molecule has 1 aliphatic heterocycles. The number of anilines is 1. The molecule has 1 aliphatic rings. The van der Waals surface area contributed by atoms with Crippen molar-refractivity contribution in [2.75, 3.05) is 5.32 Å². The molecule has 0 saturated heterocycles. The Morgan fingerprint density at radius 2 is 2.22 bits per heavy atom. The molecule has 0 aliphatic carbocycles. The Kier molecular flexibility index (Phi) is 3.36. The fraction of sp³-hybridized carbons (Fsp3) is 0.462. The van der Waals surface area contributed by atoms with Crippen molar-refractivity contribution in [3.8, 4) is 0 Å². The molecule has 0 saturated carbocycles. The molecule has 0 fully saturated rings. The summed E-state index contributed by atoms with van der Waals surface area (Å²) in [5, 5.41) is 23.7. The van der Waals surface area contributed by atoms with E-state index in [4.69, 9.17) is 11.6 Å². The predicted molar refractivity (Wildman–Crippen MR) is 69.4 cm³/mol. The molecule has 98 valence electrons. The number of aliphatic hydroxyl groups is 2. The Hall–Kier alpha value is -1.10. The number of hydrogen-bond acceptors (Lipinski definition) is 4. The van der Waals surface area contributed by atoms with Gasteiger partial charge in [0.1, 0.15) is 11.4 Å². The van der Waals surface area contributed by atoms with Gasteiger partial charge in [0.15, 0.2) is 6.23 Å². The fourth-order valence-corrected chi connectivity index (χ4v) is 2.26. The summed E-state index contributed by atoms with van der Waals surface area (Å²) < 4.78 is 0. The molecule has 2 atom stereocenters. The number of hydrogen-bond donors (Lipinski definition) is 3. The SMILES string of the molecule is CC(C)C(=O)CC1(O)c2ccc(Cl)cc2NC1O. The van der Waals surface area contributed by atoms with Gasteiger partial charge in [-0.3, -0.25) is 4.79 Å². The van der Waals surface area contributed by atoms with E-state index in [2.05, 4.69) is 5.32 Å². The molecule has 0 bridgehead atoms. The van der Waals surface area contributed by atoms with Gasteiger partial charge in [0.2, 0.25) is 0 Å². The van der Waals surface area contributed by atoms with E-state index in [1.165, 1.54) is 0 Å². The number of carbonyl (C=O) groups is 1. The van der Waals surface area contributed by atoms with Crippen LogP contribution in [0.2, 0.25) is 5.02 Å². The van der Waals surface area contributed by atoms with E-state index < -0.39 is 11.8 Å². The van der Waals surface area contributed by atoms with Crippen molar-refractivity contribution < 1.29 is 15.0 Å². The molecule has 1 heterocycles. The maximum atomic E-state index is 11.8. The Labute approximate surface area is 111 Å². The molecule has 0 spiro atoms. The lowest BCUT2D eigenvalue weighted by atomic mass is 9.86. The van der Waals surface area contributed by atoms with Crippen LogP contribution in [0, 0.1) is 5.92 Å². The highest BCUT2D eigenvalue weighted by molar-refractivity contribution is 6.30. The van der Waals surface area contributed by atoms with Gasteiger partial charge in [0.05, 0.1) is 0 Å². The smallest absolute Gasteiger partial charge is 0.158 e. The monoisotopic (exact) mass is 269 g/mol. The van der Waals surface area contributed by atoms with Crippen LogP contribution in [0.1, 0.15) is 25.8 Å². The van der Waals surface area contributed by atoms with E-state index in [0.717, 1.165) is 0 Å². The summed E-state index contributed by atoms with van der Waals surface area (Å²) >= 11 is 5.85. The second-order valence-corrected chi connectivity index (χ2v) is 5.40. The first-order chi connectivity index (χ1) is 8.34. The largest absolute Gasteiger partial charge is 0.380 e. The molecule has 5 heteroatoms. The van der Waals surface area contributed by atoms with Crippen LogP contribution >= 0.6 is 11.6 Å². The van der Waals surface area contributed by atoms with Gasteiger partial charge in [-0.2, -0.15) is 0 Å². The van der Waals surface area contributed by atoms with Crippen molar-refractivity contribution in [2.24, 2.45) is 5.92 Å². The van der Waals surface area contributed by atoms with Crippen molar-refractivity contribution in [1.29, 1.82) is 0 Å². The third kappa shape index (κ3) is 2.11. The van der Waals surface area contributed by atoms with E-state index in [9.17, 15) is 15.0 Å². The summed E-state index contributed by atoms with van der Waals surface area (Å²) in [5.41, 5.74) is -0.510. The highest BCUT2D eigenvalue weighted by Crippen LogP contribution is 2.42. The average Bonchev–Trinajstić information content (AvgIpc) is 2.50. The highest BCUT2D eigenvalue weighted by atomic mass is 35.5. The zero-order valence-electron chi connectivity index (χ0n) is 10.3. The lowest BCUT2D eigenvalue weighted by Crippen LogP contribution is -2.41. The second-order valence-electron chi connectivity index (χ2n) is 4.96. The normalized spacial score (nSPS) is 26.0. The zero-order valence-corrected chi connectivity index (χ0v) is 11.0. The van der Waals surface area contributed by atoms with Crippen molar-refractivity contribution in [3.05, 3.63) is 28.8 Å². The number of nitrogens with one attached hydrogen (secondary N) is 1. The van der Waals surface area contributed by atoms with Gasteiger partial charge in [0.25, 0.3) is 0 Å². The van der Waals surface area contributed by atoms with Crippen LogP contribution in [-0.2, 0) is 10.4 Å². The number of rotatable bonds is 3. The first-order valence-corrected chi connectivity index (χ1v) is 6.22. The van der Waals surface area contributed by atoms with Gasteiger partial charge in [-0.15, -0.1) is 0 Å². The van der Waals surface area contributed by atoms with E-state index in [0.29, 0.717) is 16.3 Å². The third-order valence-electron chi connectivity index (χ3n) is 3.28. The van der Waals surface area contributed by atoms with Crippen molar-refractivity contribution in [1.82, 2.24) is 0 Å². The summed E-state index contributed by atoms with van der Waals surface area (Å²) in [4.78, 5) is 11.8. The minimum atomic E-state index is -1.58. The second kappa shape index (κ2) is 4.53. The van der Waals surface area contributed by atoms with Crippen LogP contribution in [0.15, 0.2) is 18.2 Å². The highest BCUT2D eigenvalue weighted by Gasteiger charge is 2.46. The Bertz CT molecular complexity index is 489. The van der Waals surface area contributed by atoms with Crippen LogP contribution in [0.3, 0.4) is 0 Å². The molecule has 2 rings (SSSR count). The number of Topliss-reactive ketones (excluding diaryl/α,β-unsaturated/α-hetero) is 1. The van der Waals surface area contributed by atoms with E-state index >= 15 is 0 Å². The third-order valence-corrected chi connectivity index (χ3v) is 3.52. The summed E-state index contributed by atoms with van der Waals surface area (Å²) in [6.07, 6.45) is -1.32. The van der Waals surface area contributed by atoms with Crippen molar-refractivity contribution in [2.45, 2.75) is 32.1 Å². The van der Waals surface area contributed by atoms with E-state index in [1.807, 2.05) is 0 Å². The molecule has 4 nitrogen and oxygen atoms in total. The van der Waals surface area contributed by atoms with Gasteiger partial charge >= 0.3 is 0 Å². The molecule has 1 aromatic carbocycles. The molecule has 0 aromatic heterocycles. The lowest BCUT2D eigenvalue weighted by Gasteiger charge is -2.26. The molecular weight excluding hydrogens is 254 g/mol. The minimum Gasteiger partial charge on any atom is -0.380 e. The Morgan fingerprint density at radius 3 is 2.83 bits per heavy atom. The van der Waals surface area contributed by atoms with Gasteiger partial charge in [-0.05, 0) is 12.1 Å². The molecule has 1 aromatic rings. The fourth-order valence-electron chi connectivity index (χ4n) is 2.09. The standard InChI is InChI=1S/C13H16ClNO3/c1-7(2)11(16)6-13(18)9-4-3-8(14)5-10(9)15-12(13)17/h3-5,7,12,15,17-18H,6H2,1-2H3. The number of fused-ring (bicyclic) bond motifs is 1. The van der Waals surface area contributed by atoms with Gasteiger partial charge in [-0.1, -0.05) is 31.5 Å². The lowest BCUT2D eigenvalue weighted by molar-refractivity contribution is -0.132. The predicted octanol–water partition coefficient (Wildman–Crippen LogP) is 1.89. The van der Waals surface area contributed by atoms with Gasteiger partial charge in [-0.25, -0.2) is 0 Å². The van der Waals surface area contributed by atoms with Crippen LogP contribution in [0.4, 0.5) is 5.69 Å². The Balaban J connectivity index is 2.37. The number of halogens is 1. The maximum Gasteiger partial charge on any atom is 0.158 e. The van der Waals surface area contributed by atoms with Gasteiger partial charge in [0, 0.05) is 28.6 Å². The summed E-state index contributed by atoms with van der Waals surface area (Å²) in [6, 6.07) is 4.89. The molecule has 3 N–H and O–H groups in total. The Morgan fingerprint density at radius 1 is 1.56 bits per heavy atom. The summed E-state index contributed by atoms with van der Waals surface area (Å²) in [7, 11) is 0. The van der Waals surface area contributed by atoms with Crippen molar-refractivity contribution in [3.63, 3.8) is 0 Å².